The van der Waals surface area contributed by atoms with E-state index in [1.165, 1.54) is 0 Å². The van der Waals surface area contributed by atoms with E-state index in [-0.39, 0.29) is 17.7 Å². The van der Waals surface area contributed by atoms with Crippen LogP contribution >= 0.6 is 11.8 Å². The lowest BCUT2D eigenvalue weighted by Crippen LogP contribution is -2.45. The van der Waals surface area contributed by atoms with Crippen molar-refractivity contribution in [3.05, 3.63) is 29.8 Å². The number of carbonyl (C=O) groups excluding carboxylic acids is 1. The highest BCUT2D eigenvalue weighted by atomic mass is 32.2. The minimum Gasteiger partial charge on any atom is -0.481 e. The third kappa shape index (κ3) is 2.98. The molecule has 0 saturated carbocycles. The molecule has 20 heavy (non-hydrogen) atoms. The molecule has 4 nitrogen and oxygen atoms in total. The summed E-state index contributed by atoms with van der Waals surface area (Å²) < 4.78 is 0. The predicted molar refractivity (Wildman–Crippen MR) is 79.0 cm³/mol. The summed E-state index contributed by atoms with van der Waals surface area (Å²) in [6.45, 7) is 2.93. The molecule has 1 N–H and O–H groups in total. The van der Waals surface area contributed by atoms with E-state index in [4.69, 9.17) is 5.11 Å². The molecule has 0 aromatic heterocycles. The lowest BCUT2D eigenvalue weighted by molar-refractivity contribution is -0.145. The van der Waals surface area contributed by atoms with Gasteiger partial charge in [0.15, 0.2) is 0 Å². The lowest BCUT2D eigenvalue weighted by atomic mass is 9.87. The quantitative estimate of drug-likeness (QED) is 0.870. The fourth-order valence-electron chi connectivity index (χ4n) is 2.69. The molecular weight excluding hydrogens is 274 g/mol. The molecule has 1 aromatic carbocycles. The van der Waals surface area contributed by atoms with E-state index in [0.717, 1.165) is 4.90 Å². The van der Waals surface area contributed by atoms with Gasteiger partial charge in [-0.05, 0) is 30.7 Å². The normalized spacial score (nSPS) is 22.6. The van der Waals surface area contributed by atoms with Crippen molar-refractivity contribution in [2.45, 2.75) is 18.2 Å². The molecule has 2 atom stereocenters. The van der Waals surface area contributed by atoms with E-state index in [1.807, 2.05) is 37.4 Å². The Morgan fingerprint density at radius 1 is 1.35 bits per heavy atom. The van der Waals surface area contributed by atoms with Gasteiger partial charge < -0.3 is 10.0 Å². The van der Waals surface area contributed by atoms with E-state index in [1.54, 1.807) is 16.7 Å². The number of piperidine rings is 1. The highest BCUT2D eigenvalue weighted by molar-refractivity contribution is 7.98. The van der Waals surface area contributed by atoms with Gasteiger partial charge in [0, 0.05) is 18.0 Å². The summed E-state index contributed by atoms with van der Waals surface area (Å²) in [5.74, 6) is -1.10. The van der Waals surface area contributed by atoms with E-state index in [9.17, 15) is 9.59 Å². The zero-order valence-electron chi connectivity index (χ0n) is 11.7. The molecule has 5 heteroatoms. The molecule has 1 aliphatic heterocycles. The standard InChI is InChI=1S/C15H19NO3S/c1-10-9-16(8-7-11(10)15(18)19)14(17)12-5-3-4-6-13(12)20-2/h3-6,10-11H,7-9H2,1-2H3,(H,18,19). The number of hydrogen-bond acceptors (Lipinski definition) is 3. The number of benzene rings is 1. The minimum atomic E-state index is -0.755. The molecule has 1 amide bonds. The van der Waals surface area contributed by atoms with Crippen LogP contribution in [0.2, 0.25) is 0 Å². The molecule has 1 aromatic rings. The van der Waals surface area contributed by atoms with Crippen LogP contribution in [0.5, 0.6) is 0 Å². The van der Waals surface area contributed by atoms with Gasteiger partial charge in [-0.2, -0.15) is 0 Å². The van der Waals surface area contributed by atoms with Crippen LogP contribution in [0.15, 0.2) is 29.2 Å². The molecule has 0 aliphatic carbocycles. The number of carboxylic acids is 1. The van der Waals surface area contributed by atoms with E-state index in [0.29, 0.717) is 25.1 Å². The Morgan fingerprint density at radius 2 is 2.05 bits per heavy atom. The van der Waals surface area contributed by atoms with Gasteiger partial charge in [-0.3, -0.25) is 9.59 Å². The molecular formula is C15H19NO3S. The van der Waals surface area contributed by atoms with Gasteiger partial charge in [0.1, 0.15) is 0 Å². The number of rotatable bonds is 3. The maximum absolute atomic E-state index is 12.6. The number of thioether (sulfide) groups is 1. The van der Waals surface area contributed by atoms with Crippen LogP contribution in [0.25, 0.3) is 0 Å². The fraction of sp³-hybridized carbons (Fsp3) is 0.467. The van der Waals surface area contributed by atoms with Gasteiger partial charge in [-0.15, -0.1) is 11.8 Å². The van der Waals surface area contributed by atoms with Crippen molar-refractivity contribution >= 4 is 23.6 Å². The molecule has 0 bridgehead atoms. The van der Waals surface area contributed by atoms with Gasteiger partial charge in [0.25, 0.3) is 5.91 Å². The van der Waals surface area contributed by atoms with E-state index < -0.39 is 5.97 Å². The molecule has 1 fully saturated rings. The Hall–Kier alpha value is -1.49. The minimum absolute atomic E-state index is 0.00522. The van der Waals surface area contributed by atoms with Crippen molar-refractivity contribution in [2.75, 3.05) is 19.3 Å². The van der Waals surface area contributed by atoms with Crippen LogP contribution in [0.1, 0.15) is 23.7 Å². The maximum Gasteiger partial charge on any atom is 0.306 e. The number of carbonyl (C=O) groups is 2. The number of carboxylic acid groups (broad SMARTS) is 1. The Balaban J connectivity index is 2.13. The summed E-state index contributed by atoms with van der Waals surface area (Å²) in [7, 11) is 0. The van der Waals surface area contributed by atoms with Crippen molar-refractivity contribution in [1.82, 2.24) is 4.90 Å². The summed E-state index contributed by atoms with van der Waals surface area (Å²) in [5.41, 5.74) is 0.709. The van der Waals surface area contributed by atoms with Crippen molar-refractivity contribution < 1.29 is 14.7 Å². The second kappa shape index (κ2) is 6.31. The Kier molecular flexibility index (Phi) is 4.70. The van der Waals surface area contributed by atoms with Gasteiger partial charge in [-0.1, -0.05) is 19.1 Å². The van der Waals surface area contributed by atoms with Gasteiger partial charge in [0.2, 0.25) is 0 Å². The van der Waals surface area contributed by atoms with E-state index >= 15 is 0 Å². The molecule has 108 valence electrons. The molecule has 1 aliphatic rings. The van der Waals surface area contributed by atoms with Crippen LogP contribution in [0, 0.1) is 11.8 Å². The number of aliphatic carboxylic acids is 1. The lowest BCUT2D eigenvalue weighted by Gasteiger charge is -2.35. The van der Waals surface area contributed by atoms with Crippen LogP contribution in [-0.4, -0.2) is 41.2 Å². The summed E-state index contributed by atoms with van der Waals surface area (Å²) in [4.78, 5) is 26.4. The number of amides is 1. The predicted octanol–water partition coefficient (Wildman–Crippen LogP) is 2.59. The second-order valence-corrected chi connectivity index (χ2v) is 6.01. The summed E-state index contributed by atoms with van der Waals surface area (Å²) >= 11 is 1.55. The number of likely N-dealkylation sites (tertiary alicyclic amines) is 1. The van der Waals surface area contributed by atoms with Crippen LogP contribution in [-0.2, 0) is 4.79 Å². The first-order chi connectivity index (χ1) is 9.54. The van der Waals surface area contributed by atoms with Crippen molar-refractivity contribution in [3.63, 3.8) is 0 Å². The third-order valence-electron chi connectivity index (χ3n) is 3.85. The summed E-state index contributed by atoms with van der Waals surface area (Å²) in [6.07, 6.45) is 2.48. The van der Waals surface area contributed by atoms with E-state index in [2.05, 4.69) is 0 Å². The average Bonchev–Trinajstić information content (AvgIpc) is 2.45. The van der Waals surface area contributed by atoms with Gasteiger partial charge in [-0.25, -0.2) is 0 Å². The first-order valence-electron chi connectivity index (χ1n) is 6.69. The highest BCUT2D eigenvalue weighted by Gasteiger charge is 2.33. The summed E-state index contributed by atoms with van der Waals surface area (Å²) in [6, 6.07) is 7.55. The van der Waals surface area contributed by atoms with Crippen molar-refractivity contribution in [3.8, 4) is 0 Å². The number of nitrogens with zero attached hydrogens (tertiary/aromatic N) is 1. The zero-order valence-corrected chi connectivity index (χ0v) is 12.5. The topological polar surface area (TPSA) is 57.6 Å². The molecule has 0 radical (unpaired) electrons. The monoisotopic (exact) mass is 293 g/mol. The second-order valence-electron chi connectivity index (χ2n) is 5.16. The molecule has 2 rings (SSSR count). The molecule has 1 saturated heterocycles. The molecule has 0 spiro atoms. The van der Waals surface area contributed by atoms with Crippen molar-refractivity contribution in [1.29, 1.82) is 0 Å². The van der Waals surface area contributed by atoms with Crippen LogP contribution < -0.4 is 0 Å². The number of hydrogen-bond donors (Lipinski definition) is 1. The molecule has 2 unspecified atom stereocenters. The Labute approximate surface area is 123 Å². The fourth-order valence-corrected chi connectivity index (χ4v) is 3.28. The Morgan fingerprint density at radius 3 is 2.65 bits per heavy atom. The maximum atomic E-state index is 12.6. The van der Waals surface area contributed by atoms with Crippen LogP contribution in [0.4, 0.5) is 0 Å². The smallest absolute Gasteiger partial charge is 0.306 e. The SMILES string of the molecule is CSc1ccccc1C(=O)N1CCC(C(=O)O)C(C)C1. The first kappa shape index (κ1) is 14.9. The average molecular weight is 293 g/mol. The summed E-state index contributed by atoms with van der Waals surface area (Å²) in [5, 5.41) is 9.13. The first-order valence-corrected chi connectivity index (χ1v) is 7.92. The third-order valence-corrected chi connectivity index (χ3v) is 4.64. The van der Waals surface area contributed by atoms with Crippen molar-refractivity contribution in [2.24, 2.45) is 11.8 Å². The zero-order chi connectivity index (χ0) is 14.7. The largest absolute Gasteiger partial charge is 0.481 e. The molecule has 1 heterocycles. The van der Waals surface area contributed by atoms with Gasteiger partial charge in [0.05, 0.1) is 11.5 Å². The Bertz CT molecular complexity index is 518. The highest BCUT2D eigenvalue weighted by Crippen LogP contribution is 2.27. The van der Waals surface area contributed by atoms with Crippen LogP contribution in [0.3, 0.4) is 0 Å². The van der Waals surface area contributed by atoms with Gasteiger partial charge >= 0.3 is 5.97 Å².